The number of thiazole rings is 1. The molecule has 5 rings (SSSR count). The van der Waals surface area contributed by atoms with Gasteiger partial charge in [-0.05, 0) is 103 Å². The number of carbonyl (C=O) groups excluding carboxylic acids is 1. The van der Waals surface area contributed by atoms with E-state index >= 15 is 0 Å². The van der Waals surface area contributed by atoms with E-state index in [-0.39, 0.29) is 23.8 Å². The fourth-order valence-electron chi connectivity index (χ4n) is 4.87. The molecule has 1 aromatic heterocycles. The summed E-state index contributed by atoms with van der Waals surface area (Å²) in [7, 11) is 0. The number of allylic oxidation sites excluding steroid dienone is 1. The maximum Gasteiger partial charge on any atom is 0.338 e. The SMILES string of the molecule is CCOc1ccc([C@H]2C(C(=O)OC(C)C)=C(C)N=c3s/c(=C/c4ccc(OCc5ccc(C(=O)O)cc5)c(Br)c4)c(=O)n32)cc1. The van der Waals surface area contributed by atoms with E-state index in [0.717, 1.165) is 16.7 Å². The number of ether oxygens (including phenoxy) is 3. The number of aromatic carboxylic acids is 1. The van der Waals surface area contributed by atoms with Crippen molar-refractivity contribution in [3.05, 3.63) is 124 Å². The third-order valence-electron chi connectivity index (χ3n) is 6.94. The quantitative estimate of drug-likeness (QED) is 0.215. The molecule has 3 aromatic carbocycles. The van der Waals surface area contributed by atoms with Gasteiger partial charge in [0.2, 0.25) is 0 Å². The molecule has 1 N–H and O–H groups in total. The molecule has 0 fully saturated rings. The van der Waals surface area contributed by atoms with E-state index in [4.69, 9.17) is 19.3 Å². The number of carboxylic acids is 1. The van der Waals surface area contributed by atoms with Crippen LogP contribution in [0.1, 0.15) is 60.8 Å². The highest BCUT2D eigenvalue weighted by Gasteiger charge is 2.33. The van der Waals surface area contributed by atoms with E-state index < -0.39 is 18.0 Å². The summed E-state index contributed by atoms with van der Waals surface area (Å²) in [6, 6.07) is 18.6. The predicted octanol–water partition coefficient (Wildman–Crippen LogP) is 5.63. The standard InChI is InChI=1S/C34H31BrN2O7S/c1-5-42-25-13-11-23(12-14-25)30-29(33(41)44-19(2)3)20(4)36-34-37(30)31(38)28(45-34)17-22-8-15-27(26(35)16-22)43-18-21-6-9-24(10-7-21)32(39)40/h6-17,19,30H,5,18H2,1-4H3,(H,39,40)/b28-17+/t30-/m0/s1. The molecule has 0 bridgehead atoms. The Bertz CT molecular complexity index is 1960. The van der Waals surface area contributed by atoms with Gasteiger partial charge < -0.3 is 19.3 Å². The molecule has 1 aliphatic rings. The largest absolute Gasteiger partial charge is 0.494 e. The van der Waals surface area contributed by atoms with Crippen molar-refractivity contribution in [1.82, 2.24) is 4.57 Å². The Kier molecular flexibility index (Phi) is 9.69. The number of esters is 1. The summed E-state index contributed by atoms with van der Waals surface area (Å²) in [5.41, 5.74) is 3.06. The zero-order valence-electron chi connectivity index (χ0n) is 25.1. The zero-order chi connectivity index (χ0) is 32.2. The summed E-state index contributed by atoms with van der Waals surface area (Å²) >= 11 is 4.81. The molecular weight excluding hydrogens is 660 g/mol. The average molecular weight is 692 g/mol. The van der Waals surface area contributed by atoms with E-state index in [2.05, 4.69) is 20.9 Å². The van der Waals surface area contributed by atoms with Crippen LogP contribution >= 0.6 is 27.3 Å². The number of carbonyl (C=O) groups is 2. The first-order valence-electron chi connectivity index (χ1n) is 14.3. The molecule has 0 radical (unpaired) electrons. The van der Waals surface area contributed by atoms with E-state index in [9.17, 15) is 14.4 Å². The van der Waals surface area contributed by atoms with Gasteiger partial charge in [0, 0.05) is 0 Å². The highest BCUT2D eigenvalue weighted by atomic mass is 79.9. The van der Waals surface area contributed by atoms with E-state index in [0.29, 0.717) is 43.2 Å². The van der Waals surface area contributed by atoms with Gasteiger partial charge in [-0.1, -0.05) is 41.7 Å². The smallest absolute Gasteiger partial charge is 0.338 e. The normalized spacial score (nSPS) is 14.6. The van der Waals surface area contributed by atoms with Crippen LogP contribution in [0.15, 0.2) is 92.3 Å². The van der Waals surface area contributed by atoms with Crippen LogP contribution in [-0.4, -0.2) is 34.3 Å². The highest BCUT2D eigenvalue weighted by molar-refractivity contribution is 9.10. The zero-order valence-corrected chi connectivity index (χ0v) is 27.5. The molecule has 0 saturated heterocycles. The summed E-state index contributed by atoms with van der Waals surface area (Å²) < 4.78 is 19.8. The minimum Gasteiger partial charge on any atom is -0.494 e. The second kappa shape index (κ2) is 13.7. The van der Waals surface area contributed by atoms with Gasteiger partial charge >= 0.3 is 11.9 Å². The lowest BCUT2D eigenvalue weighted by Gasteiger charge is -2.25. The van der Waals surface area contributed by atoms with Gasteiger partial charge in [-0.15, -0.1) is 0 Å². The van der Waals surface area contributed by atoms with Crippen molar-refractivity contribution in [3.8, 4) is 11.5 Å². The number of hydrogen-bond donors (Lipinski definition) is 1. The van der Waals surface area contributed by atoms with Crippen molar-refractivity contribution in [2.45, 2.75) is 46.4 Å². The highest BCUT2D eigenvalue weighted by Crippen LogP contribution is 2.32. The number of rotatable bonds is 10. The Balaban J connectivity index is 1.48. The summed E-state index contributed by atoms with van der Waals surface area (Å²) in [4.78, 5) is 43.5. The first-order valence-corrected chi connectivity index (χ1v) is 15.9. The van der Waals surface area contributed by atoms with Crippen LogP contribution in [-0.2, 0) is 16.1 Å². The van der Waals surface area contributed by atoms with Gasteiger partial charge in [0.15, 0.2) is 4.80 Å². The Morgan fingerprint density at radius 3 is 2.40 bits per heavy atom. The Morgan fingerprint density at radius 1 is 1.07 bits per heavy atom. The van der Waals surface area contributed by atoms with E-state index in [1.165, 1.54) is 23.5 Å². The lowest BCUT2D eigenvalue weighted by atomic mass is 9.96. The summed E-state index contributed by atoms with van der Waals surface area (Å²) in [5, 5.41) is 9.09. The fourth-order valence-corrected chi connectivity index (χ4v) is 6.43. The molecule has 232 valence electrons. The first-order chi connectivity index (χ1) is 21.5. The molecule has 2 heterocycles. The number of hydrogen-bond acceptors (Lipinski definition) is 8. The lowest BCUT2D eigenvalue weighted by molar-refractivity contribution is -0.143. The average Bonchev–Trinajstić information content (AvgIpc) is 3.30. The maximum atomic E-state index is 14.0. The van der Waals surface area contributed by atoms with Crippen LogP contribution in [0.3, 0.4) is 0 Å². The minimum atomic E-state index is -0.982. The van der Waals surface area contributed by atoms with Gasteiger partial charge in [-0.2, -0.15) is 0 Å². The van der Waals surface area contributed by atoms with Gasteiger partial charge in [0.05, 0.1) is 44.6 Å². The molecule has 0 saturated carbocycles. The molecule has 0 amide bonds. The van der Waals surface area contributed by atoms with Crippen molar-refractivity contribution in [3.63, 3.8) is 0 Å². The molecule has 0 spiro atoms. The van der Waals surface area contributed by atoms with Crippen LogP contribution in [0.5, 0.6) is 11.5 Å². The second-order valence-corrected chi connectivity index (χ2v) is 12.4. The van der Waals surface area contributed by atoms with Crippen molar-refractivity contribution in [2.24, 2.45) is 4.99 Å². The molecule has 9 nitrogen and oxygen atoms in total. The van der Waals surface area contributed by atoms with Crippen molar-refractivity contribution in [1.29, 1.82) is 0 Å². The number of fused-ring (bicyclic) bond motifs is 1. The number of halogens is 1. The number of benzene rings is 3. The van der Waals surface area contributed by atoms with Crippen LogP contribution < -0.4 is 24.4 Å². The van der Waals surface area contributed by atoms with Gasteiger partial charge in [0.1, 0.15) is 18.1 Å². The predicted molar refractivity (Wildman–Crippen MR) is 174 cm³/mol. The van der Waals surface area contributed by atoms with E-state index in [1.54, 1.807) is 49.6 Å². The number of nitrogens with zero attached hydrogens (tertiary/aromatic N) is 2. The van der Waals surface area contributed by atoms with Crippen molar-refractivity contribution >= 4 is 45.3 Å². The minimum absolute atomic E-state index is 0.210. The summed E-state index contributed by atoms with van der Waals surface area (Å²) in [5.74, 6) is -0.217. The van der Waals surface area contributed by atoms with Crippen molar-refractivity contribution < 1.29 is 28.9 Å². The van der Waals surface area contributed by atoms with E-state index in [1.807, 2.05) is 43.3 Å². The van der Waals surface area contributed by atoms with Crippen LogP contribution in [0.2, 0.25) is 0 Å². The van der Waals surface area contributed by atoms with Crippen molar-refractivity contribution in [2.75, 3.05) is 6.61 Å². The van der Waals surface area contributed by atoms with Crippen LogP contribution in [0, 0.1) is 0 Å². The fraction of sp³-hybridized carbons (Fsp3) is 0.235. The van der Waals surface area contributed by atoms with Gasteiger partial charge in [-0.25, -0.2) is 14.6 Å². The van der Waals surface area contributed by atoms with Gasteiger partial charge in [0.25, 0.3) is 5.56 Å². The lowest BCUT2D eigenvalue weighted by Crippen LogP contribution is -2.40. The molecular formula is C34H31BrN2O7S. The molecule has 11 heteroatoms. The molecule has 0 aliphatic carbocycles. The van der Waals surface area contributed by atoms with Crippen LogP contribution in [0.25, 0.3) is 6.08 Å². The summed E-state index contributed by atoms with van der Waals surface area (Å²) in [6.07, 6.45) is 1.44. The number of aromatic nitrogens is 1. The molecule has 1 atom stereocenters. The molecule has 1 aliphatic heterocycles. The Morgan fingerprint density at radius 2 is 1.78 bits per heavy atom. The monoisotopic (exact) mass is 690 g/mol. The number of carboxylic acid groups (broad SMARTS) is 1. The maximum absolute atomic E-state index is 14.0. The molecule has 45 heavy (non-hydrogen) atoms. The first kappa shape index (κ1) is 31.9. The third-order valence-corrected chi connectivity index (χ3v) is 8.54. The Hall–Kier alpha value is -4.48. The summed E-state index contributed by atoms with van der Waals surface area (Å²) in [6.45, 7) is 7.99. The third kappa shape index (κ3) is 7.10. The topological polar surface area (TPSA) is 116 Å². The second-order valence-electron chi connectivity index (χ2n) is 10.5. The van der Waals surface area contributed by atoms with Crippen LogP contribution in [0.4, 0.5) is 0 Å². The van der Waals surface area contributed by atoms with Gasteiger partial charge in [-0.3, -0.25) is 9.36 Å². The Labute approximate surface area is 271 Å². The molecule has 0 unspecified atom stereocenters. The molecule has 4 aromatic rings.